The first kappa shape index (κ1) is 15.5. The molecule has 1 aromatic carbocycles. The number of hydrogen-bond acceptors (Lipinski definition) is 2. The van der Waals surface area contributed by atoms with Crippen LogP contribution in [0.15, 0.2) is 24.3 Å². The van der Waals surface area contributed by atoms with E-state index >= 15 is 0 Å². The maximum Gasteiger partial charge on any atom is 0.305 e. The molecule has 6 heteroatoms. The van der Waals surface area contributed by atoms with Gasteiger partial charge in [-0.05, 0) is 17.7 Å². The Labute approximate surface area is 121 Å². The van der Waals surface area contributed by atoms with Gasteiger partial charge in [0.2, 0.25) is 5.91 Å². The molecule has 1 rings (SSSR count). The lowest BCUT2D eigenvalue weighted by Gasteiger charge is -2.13. The van der Waals surface area contributed by atoms with E-state index in [9.17, 15) is 9.59 Å². The van der Waals surface area contributed by atoms with Crippen molar-refractivity contribution in [1.82, 2.24) is 4.90 Å². The largest absolute Gasteiger partial charge is 0.481 e. The van der Waals surface area contributed by atoms with Crippen LogP contribution in [0.2, 0.25) is 10.0 Å². The lowest BCUT2D eigenvalue weighted by atomic mass is 10.2. The van der Waals surface area contributed by atoms with Gasteiger partial charge in [0.1, 0.15) is 0 Å². The molecule has 0 heterocycles. The Bertz CT molecular complexity index is 515. The minimum Gasteiger partial charge on any atom is -0.481 e. The fourth-order valence-corrected chi connectivity index (χ4v) is 1.68. The van der Waals surface area contributed by atoms with Crippen LogP contribution in [0, 0.1) is 0 Å². The van der Waals surface area contributed by atoms with Crippen molar-refractivity contribution >= 4 is 41.2 Å². The highest BCUT2D eigenvalue weighted by molar-refractivity contribution is 6.42. The third kappa shape index (κ3) is 4.93. The first-order valence-electron chi connectivity index (χ1n) is 5.51. The number of likely N-dealkylation sites (N-methyl/N-ethyl adjacent to an activating group) is 1. The molecule has 0 saturated carbocycles. The standard InChI is InChI=1S/C13H13Cl2NO3/c1-16(8-7-12(18)19)11(17)6-5-9-3-2-4-10(14)13(9)15/h2-6H,7-8H2,1H3,(H,18,19). The zero-order valence-electron chi connectivity index (χ0n) is 10.3. The van der Waals surface area contributed by atoms with E-state index in [1.165, 1.54) is 18.0 Å². The van der Waals surface area contributed by atoms with E-state index in [0.717, 1.165) is 0 Å². The predicted octanol–water partition coefficient (Wildman–Crippen LogP) is 2.94. The lowest BCUT2D eigenvalue weighted by Crippen LogP contribution is -2.27. The minimum atomic E-state index is -0.943. The van der Waals surface area contributed by atoms with Crippen molar-refractivity contribution in [3.8, 4) is 0 Å². The van der Waals surface area contributed by atoms with Gasteiger partial charge in [0.05, 0.1) is 16.5 Å². The van der Waals surface area contributed by atoms with Gasteiger partial charge >= 0.3 is 5.97 Å². The van der Waals surface area contributed by atoms with E-state index < -0.39 is 5.97 Å². The van der Waals surface area contributed by atoms with Crippen molar-refractivity contribution < 1.29 is 14.7 Å². The van der Waals surface area contributed by atoms with Crippen LogP contribution in [0.25, 0.3) is 6.08 Å². The number of carbonyl (C=O) groups excluding carboxylic acids is 1. The molecular weight excluding hydrogens is 289 g/mol. The quantitative estimate of drug-likeness (QED) is 0.851. The Morgan fingerprint density at radius 1 is 1.37 bits per heavy atom. The molecule has 0 atom stereocenters. The third-order valence-electron chi connectivity index (χ3n) is 2.42. The second-order valence-electron chi connectivity index (χ2n) is 3.88. The highest BCUT2D eigenvalue weighted by atomic mass is 35.5. The van der Waals surface area contributed by atoms with Gasteiger partial charge in [-0.15, -0.1) is 0 Å². The van der Waals surface area contributed by atoms with Crippen molar-refractivity contribution in [2.24, 2.45) is 0 Å². The second-order valence-corrected chi connectivity index (χ2v) is 4.67. The van der Waals surface area contributed by atoms with E-state index in [2.05, 4.69) is 0 Å². The molecule has 0 aliphatic heterocycles. The van der Waals surface area contributed by atoms with E-state index in [1.807, 2.05) is 0 Å². The number of amides is 1. The van der Waals surface area contributed by atoms with Gasteiger partial charge in [-0.3, -0.25) is 9.59 Å². The number of carbonyl (C=O) groups is 2. The Morgan fingerprint density at radius 2 is 2.05 bits per heavy atom. The van der Waals surface area contributed by atoms with Gasteiger partial charge in [-0.2, -0.15) is 0 Å². The molecule has 0 fully saturated rings. The average Bonchev–Trinajstić information content (AvgIpc) is 2.37. The summed E-state index contributed by atoms with van der Waals surface area (Å²) in [7, 11) is 1.54. The molecule has 0 bridgehead atoms. The summed E-state index contributed by atoms with van der Waals surface area (Å²) in [4.78, 5) is 23.4. The minimum absolute atomic E-state index is 0.0893. The van der Waals surface area contributed by atoms with Crippen molar-refractivity contribution in [1.29, 1.82) is 0 Å². The van der Waals surface area contributed by atoms with E-state index in [4.69, 9.17) is 28.3 Å². The molecule has 4 nitrogen and oxygen atoms in total. The molecular formula is C13H13Cl2NO3. The molecule has 0 spiro atoms. The van der Waals surface area contributed by atoms with Crippen LogP contribution in [-0.2, 0) is 9.59 Å². The summed E-state index contributed by atoms with van der Waals surface area (Å²) in [5.74, 6) is -1.24. The number of hydrogen-bond donors (Lipinski definition) is 1. The normalized spacial score (nSPS) is 10.7. The van der Waals surface area contributed by atoms with Crippen LogP contribution in [0.4, 0.5) is 0 Å². The molecule has 19 heavy (non-hydrogen) atoms. The van der Waals surface area contributed by atoms with Crippen LogP contribution in [-0.4, -0.2) is 35.5 Å². The van der Waals surface area contributed by atoms with Gasteiger partial charge in [0, 0.05) is 19.7 Å². The van der Waals surface area contributed by atoms with Crippen molar-refractivity contribution in [3.05, 3.63) is 39.9 Å². The summed E-state index contributed by atoms with van der Waals surface area (Å²) < 4.78 is 0. The van der Waals surface area contributed by atoms with Crippen LogP contribution >= 0.6 is 23.2 Å². The Morgan fingerprint density at radius 3 is 2.68 bits per heavy atom. The summed E-state index contributed by atoms with van der Waals surface area (Å²) >= 11 is 11.8. The summed E-state index contributed by atoms with van der Waals surface area (Å²) in [5, 5.41) is 9.32. The molecule has 1 aromatic rings. The maximum absolute atomic E-state index is 11.7. The number of halogens is 2. The number of benzene rings is 1. The van der Waals surface area contributed by atoms with Crippen LogP contribution in [0.3, 0.4) is 0 Å². The van der Waals surface area contributed by atoms with Gasteiger partial charge in [0.15, 0.2) is 0 Å². The monoisotopic (exact) mass is 301 g/mol. The van der Waals surface area contributed by atoms with Crippen LogP contribution in [0.1, 0.15) is 12.0 Å². The van der Waals surface area contributed by atoms with E-state index in [1.54, 1.807) is 24.3 Å². The zero-order chi connectivity index (χ0) is 14.4. The van der Waals surface area contributed by atoms with Gasteiger partial charge in [-0.25, -0.2) is 0 Å². The smallest absolute Gasteiger partial charge is 0.305 e. The van der Waals surface area contributed by atoms with Crippen molar-refractivity contribution in [3.63, 3.8) is 0 Å². The maximum atomic E-state index is 11.7. The SMILES string of the molecule is CN(CCC(=O)O)C(=O)C=Cc1cccc(Cl)c1Cl. The Balaban J connectivity index is 2.68. The number of carboxylic acid groups (broad SMARTS) is 1. The summed E-state index contributed by atoms with van der Waals surface area (Å²) in [6, 6.07) is 5.11. The molecule has 0 radical (unpaired) electrons. The van der Waals surface area contributed by atoms with Gasteiger partial charge in [-0.1, -0.05) is 35.3 Å². The van der Waals surface area contributed by atoms with Gasteiger partial charge < -0.3 is 10.0 Å². The van der Waals surface area contributed by atoms with E-state index in [0.29, 0.717) is 15.6 Å². The molecule has 102 valence electrons. The summed E-state index contributed by atoms with van der Waals surface area (Å²) in [5.41, 5.74) is 0.633. The molecule has 0 aromatic heterocycles. The van der Waals surface area contributed by atoms with Crippen molar-refractivity contribution in [2.75, 3.05) is 13.6 Å². The molecule has 0 aliphatic rings. The summed E-state index contributed by atoms with van der Waals surface area (Å²) in [6.45, 7) is 0.155. The molecule has 1 amide bonds. The second kappa shape index (κ2) is 7.16. The highest BCUT2D eigenvalue weighted by Gasteiger charge is 2.07. The molecule has 0 unspecified atom stereocenters. The molecule has 0 aliphatic carbocycles. The lowest BCUT2D eigenvalue weighted by molar-refractivity contribution is -0.137. The fraction of sp³-hybridized carbons (Fsp3) is 0.231. The third-order valence-corrected chi connectivity index (χ3v) is 3.26. The first-order chi connectivity index (χ1) is 8.91. The molecule has 0 saturated heterocycles. The number of aliphatic carboxylic acids is 1. The molecule has 1 N–H and O–H groups in total. The van der Waals surface area contributed by atoms with Crippen LogP contribution in [0.5, 0.6) is 0 Å². The first-order valence-corrected chi connectivity index (χ1v) is 6.26. The highest BCUT2D eigenvalue weighted by Crippen LogP contribution is 2.26. The topological polar surface area (TPSA) is 57.6 Å². The number of rotatable bonds is 5. The fourth-order valence-electron chi connectivity index (χ4n) is 1.31. The van der Waals surface area contributed by atoms with Crippen LogP contribution < -0.4 is 0 Å². The Hall–Kier alpha value is -1.52. The predicted molar refractivity (Wildman–Crippen MR) is 75.4 cm³/mol. The Kier molecular flexibility index (Phi) is 5.86. The van der Waals surface area contributed by atoms with E-state index in [-0.39, 0.29) is 18.9 Å². The average molecular weight is 302 g/mol. The van der Waals surface area contributed by atoms with Gasteiger partial charge in [0.25, 0.3) is 0 Å². The van der Waals surface area contributed by atoms with Crippen molar-refractivity contribution in [2.45, 2.75) is 6.42 Å². The summed E-state index contributed by atoms with van der Waals surface area (Å²) in [6.07, 6.45) is 2.79. The zero-order valence-corrected chi connectivity index (χ0v) is 11.8. The number of carboxylic acids is 1. The number of nitrogens with zero attached hydrogens (tertiary/aromatic N) is 1.